The van der Waals surface area contributed by atoms with Gasteiger partial charge in [-0.3, -0.25) is 14.4 Å². The standard InChI is InChI=1S/C27H27N3O4/c1-3-18-8-12-21(13-9-18)30-17-19(16-25(30)31)26(32)29-24-7-5-4-6-23(24)27(33)28-20-10-14-22(34-2)15-11-20/h4-15,19H,3,16-17H2,1-2H3,(H,28,33)(H,29,32). The first kappa shape index (κ1) is 23.0. The molecule has 7 heteroatoms. The number of benzene rings is 3. The van der Waals surface area contributed by atoms with E-state index in [1.807, 2.05) is 24.3 Å². The summed E-state index contributed by atoms with van der Waals surface area (Å²) in [6.07, 6.45) is 1.05. The van der Waals surface area contributed by atoms with E-state index in [1.165, 1.54) is 5.56 Å². The molecule has 0 aliphatic carbocycles. The first-order valence-corrected chi connectivity index (χ1v) is 11.2. The highest BCUT2D eigenvalue weighted by Crippen LogP contribution is 2.27. The molecule has 1 unspecified atom stereocenters. The number of rotatable bonds is 7. The maximum atomic E-state index is 13.0. The van der Waals surface area contributed by atoms with Crippen LogP contribution in [-0.4, -0.2) is 31.4 Å². The molecule has 1 atom stereocenters. The Morgan fingerprint density at radius 1 is 0.971 bits per heavy atom. The van der Waals surface area contributed by atoms with E-state index in [-0.39, 0.29) is 24.1 Å². The topological polar surface area (TPSA) is 87.7 Å². The molecule has 1 fully saturated rings. The number of nitrogens with zero attached hydrogens (tertiary/aromatic N) is 1. The van der Waals surface area contributed by atoms with Crippen molar-refractivity contribution in [3.05, 3.63) is 83.9 Å². The molecule has 0 aromatic heterocycles. The monoisotopic (exact) mass is 457 g/mol. The highest BCUT2D eigenvalue weighted by atomic mass is 16.5. The molecule has 1 aliphatic heterocycles. The van der Waals surface area contributed by atoms with Crippen LogP contribution < -0.4 is 20.3 Å². The summed E-state index contributed by atoms with van der Waals surface area (Å²) in [5.41, 5.74) is 3.32. The van der Waals surface area contributed by atoms with Gasteiger partial charge in [-0.15, -0.1) is 0 Å². The lowest BCUT2D eigenvalue weighted by Crippen LogP contribution is -2.28. The third-order valence-electron chi connectivity index (χ3n) is 5.93. The Bertz CT molecular complexity index is 1190. The Hall–Kier alpha value is -4.13. The number of anilines is 3. The lowest BCUT2D eigenvalue weighted by molar-refractivity contribution is -0.122. The van der Waals surface area contributed by atoms with E-state index >= 15 is 0 Å². The second kappa shape index (κ2) is 10.2. The van der Waals surface area contributed by atoms with Gasteiger partial charge in [-0.1, -0.05) is 31.2 Å². The van der Waals surface area contributed by atoms with Crippen molar-refractivity contribution in [3.8, 4) is 5.75 Å². The van der Waals surface area contributed by atoms with E-state index < -0.39 is 5.92 Å². The van der Waals surface area contributed by atoms with Crippen molar-refractivity contribution >= 4 is 34.8 Å². The molecule has 7 nitrogen and oxygen atoms in total. The molecule has 0 spiro atoms. The minimum atomic E-state index is -0.504. The SMILES string of the molecule is CCc1ccc(N2CC(C(=O)Nc3ccccc3C(=O)Nc3ccc(OC)cc3)CC2=O)cc1. The summed E-state index contributed by atoms with van der Waals surface area (Å²) in [6.45, 7) is 2.38. The van der Waals surface area contributed by atoms with Gasteiger partial charge in [0.1, 0.15) is 5.75 Å². The molecular weight excluding hydrogens is 430 g/mol. The van der Waals surface area contributed by atoms with Crippen molar-refractivity contribution in [2.75, 3.05) is 29.2 Å². The fraction of sp³-hybridized carbons (Fsp3) is 0.222. The summed E-state index contributed by atoms with van der Waals surface area (Å²) >= 11 is 0. The largest absolute Gasteiger partial charge is 0.497 e. The molecule has 0 bridgehead atoms. The first-order chi connectivity index (χ1) is 16.5. The predicted octanol–water partition coefficient (Wildman–Crippen LogP) is 4.50. The van der Waals surface area contributed by atoms with Gasteiger partial charge in [0.15, 0.2) is 0 Å². The van der Waals surface area contributed by atoms with Gasteiger partial charge >= 0.3 is 0 Å². The van der Waals surface area contributed by atoms with Crippen molar-refractivity contribution in [3.63, 3.8) is 0 Å². The van der Waals surface area contributed by atoms with Crippen LogP contribution in [0.4, 0.5) is 17.1 Å². The van der Waals surface area contributed by atoms with Crippen LogP contribution >= 0.6 is 0 Å². The number of carbonyl (C=O) groups is 3. The van der Waals surface area contributed by atoms with Crippen LogP contribution in [0.5, 0.6) is 5.75 Å². The molecule has 3 aromatic carbocycles. The van der Waals surface area contributed by atoms with Crippen LogP contribution in [0.2, 0.25) is 0 Å². The van der Waals surface area contributed by atoms with Gasteiger partial charge in [0.25, 0.3) is 5.91 Å². The molecule has 4 rings (SSSR count). The zero-order valence-corrected chi connectivity index (χ0v) is 19.2. The Labute approximate surface area is 198 Å². The lowest BCUT2D eigenvalue weighted by Gasteiger charge is -2.17. The van der Waals surface area contributed by atoms with Gasteiger partial charge in [0, 0.05) is 24.3 Å². The van der Waals surface area contributed by atoms with Crippen molar-refractivity contribution in [1.29, 1.82) is 0 Å². The number of carbonyl (C=O) groups excluding carboxylic acids is 3. The van der Waals surface area contributed by atoms with Gasteiger partial charge in [0.05, 0.1) is 24.3 Å². The van der Waals surface area contributed by atoms with Crippen molar-refractivity contribution in [2.24, 2.45) is 5.92 Å². The van der Waals surface area contributed by atoms with E-state index in [1.54, 1.807) is 60.5 Å². The average molecular weight is 458 g/mol. The number of amides is 3. The van der Waals surface area contributed by atoms with E-state index in [4.69, 9.17) is 4.74 Å². The fourth-order valence-electron chi connectivity index (χ4n) is 3.94. The van der Waals surface area contributed by atoms with Gasteiger partial charge in [-0.25, -0.2) is 0 Å². The summed E-state index contributed by atoms with van der Waals surface area (Å²) in [5, 5.41) is 5.68. The molecule has 2 N–H and O–H groups in total. The van der Waals surface area contributed by atoms with E-state index in [9.17, 15) is 14.4 Å². The van der Waals surface area contributed by atoms with E-state index in [0.29, 0.717) is 29.2 Å². The van der Waals surface area contributed by atoms with Crippen LogP contribution in [0.1, 0.15) is 29.3 Å². The summed E-state index contributed by atoms with van der Waals surface area (Å²) < 4.78 is 5.14. The van der Waals surface area contributed by atoms with Gasteiger partial charge in [-0.2, -0.15) is 0 Å². The molecule has 174 valence electrons. The van der Waals surface area contributed by atoms with E-state index in [0.717, 1.165) is 12.1 Å². The average Bonchev–Trinajstić information content (AvgIpc) is 3.26. The van der Waals surface area contributed by atoms with E-state index in [2.05, 4.69) is 17.6 Å². The normalized spacial score (nSPS) is 15.2. The summed E-state index contributed by atoms with van der Waals surface area (Å²) in [5.74, 6) is -0.537. The highest BCUT2D eigenvalue weighted by molar-refractivity contribution is 6.11. The maximum Gasteiger partial charge on any atom is 0.257 e. The predicted molar refractivity (Wildman–Crippen MR) is 132 cm³/mol. The minimum absolute atomic E-state index is 0.0880. The molecule has 1 heterocycles. The van der Waals surface area contributed by atoms with Gasteiger partial charge in [0.2, 0.25) is 11.8 Å². The number of para-hydroxylation sites is 1. The van der Waals surface area contributed by atoms with Crippen LogP contribution in [0.15, 0.2) is 72.8 Å². The number of nitrogens with one attached hydrogen (secondary N) is 2. The zero-order valence-electron chi connectivity index (χ0n) is 19.2. The molecular formula is C27H27N3O4. The first-order valence-electron chi connectivity index (χ1n) is 11.2. The molecule has 1 aliphatic rings. The van der Waals surface area contributed by atoms with Crippen LogP contribution in [0.3, 0.4) is 0 Å². The number of hydrogen-bond donors (Lipinski definition) is 2. The quantitative estimate of drug-likeness (QED) is 0.547. The van der Waals surface area contributed by atoms with Crippen LogP contribution in [-0.2, 0) is 16.0 Å². The lowest BCUT2D eigenvalue weighted by atomic mass is 10.1. The third kappa shape index (κ3) is 5.09. The zero-order chi connectivity index (χ0) is 24.1. The molecule has 0 radical (unpaired) electrons. The Kier molecular flexibility index (Phi) is 6.92. The number of hydrogen-bond acceptors (Lipinski definition) is 4. The molecule has 34 heavy (non-hydrogen) atoms. The van der Waals surface area contributed by atoms with Crippen LogP contribution in [0, 0.1) is 5.92 Å². The smallest absolute Gasteiger partial charge is 0.257 e. The van der Waals surface area contributed by atoms with Gasteiger partial charge < -0.3 is 20.3 Å². The molecule has 3 aromatic rings. The third-order valence-corrected chi connectivity index (χ3v) is 5.93. The van der Waals surface area contributed by atoms with Gasteiger partial charge in [-0.05, 0) is 60.5 Å². The molecule has 3 amide bonds. The number of aryl methyl sites for hydroxylation is 1. The second-order valence-corrected chi connectivity index (χ2v) is 8.14. The highest BCUT2D eigenvalue weighted by Gasteiger charge is 2.35. The number of ether oxygens (including phenoxy) is 1. The fourth-order valence-corrected chi connectivity index (χ4v) is 3.94. The molecule has 1 saturated heterocycles. The Morgan fingerprint density at radius 2 is 1.68 bits per heavy atom. The molecule has 0 saturated carbocycles. The number of methoxy groups -OCH3 is 1. The summed E-state index contributed by atoms with van der Waals surface area (Å²) in [6, 6.07) is 21.6. The summed E-state index contributed by atoms with van der Waals surface area (Å²) in [7, 11) is 1.58. The summed E-state index contributed by atoms with van der Waals surface area (Å²) in [4.78, 5) is 40.1. The van der Waals surface area contributed by atoms with Crippen LogP contribution in [0.25, 0.3) is 0 Å². The van der Waals surface area contributed by atoms with Crippen molar-refractivity contribution < 1.29 is 19.1 Å². The second-order valence-electron chi connectivity index (χ2n) is 8.14. The van der Waals surface area contributed by atoms with Crippen molar-refractivity contribution in [1.82, 2.24) is 0 Å². The Balaban J connectivity index is 1.44. The Morgan fingerprint density at radius 3 is 2.35 bits per heavy atom. The maximum absolute atomic E-state index is 13.0. The van der Waals surface area contributed by atoms with Crippen molar-refractivity contribution in [2.45, 2.75) is 19.8 Å². The minimum Gasteiger partial charge on any atom is -0.497 e.